The van der Waals surface area contributed by atoms with Gasteiger partial charge in [0.2, 0.25) is 11.9 Å². The summed E-state index contributed by atoms with van der Waals surface area (Å²) in [6, 6.07) is 3.46. The van der Waals surface area contributed by atoms with Crippen molar-refractivity contribution in [2.45, 2.75) is 44.1 Å². The quantitative estimate of drug-likeness (QED) is 0.672. The molecule has 0 bridgehead atoms. The normalized spacial score (nSPS) is 17.5. The summed E-state index contributed by atoms with van der Waals surface area (Å²) in [7, 11) is 0. The molecule has 2 N–H and O–H groups in total. The van der Waals surface area contributed by atoms with E-state index < -0.39 is 11.6 Å². The number of H-pyrrole nitrogens is 1. The maximum absolute atomic E-state index is 13.8. The Balaban J connectivity index is 1.17. The van der Waals surface area contributed by atoms with E-state index in [1.165, 1.54) is 25.0 Å². The zero-order valence-electron chi connectivity index (χ0n) is 16.4. The van der Waals surface area contributed by atoms with E-state index in [2.05, 4.69) is 25.5 Å². The third-order valence-corrected chi connectivity index (χ3v) is 5.86. The molecule has 30 heavy (non-hydrogen) atoms. The first-order valence-electron chi connectivity index (χ1n) is 10.3. The van der Waals surface area contributed by atoms with E-state index in [0.29, 0.717) is 30.6 Å². The molecule has 1 saturated carbocycles. The van der Waals surface area contributed by atoms with Crippen LogP contribution in [0.4, 0.5) is 14.7 Å². The fourth-order valence-electron chi connectivity index (χ4n) is 3.97. The van der Waals surface area contributed by atoms with Crippen LogP contribution < -0.4 is 5.32 Å². The van der Waals surface area contributed by atoms with Gasteiger partial charge in [-0.15, -0.1) is 0 Å². The molecule has 0 radical (unpaired) electrons. The molecule has 2 aromatic heterocycles. The van der Waals surface area contributed by atoms with Crippen molar-refractivity contribution in [3.8, 4) is 0 Å². The van der Waals surface area contributed by atoms with Crippen molar-refractivity contribution in [2.24, 2.45) is 0 Å². The number of rotatable bonds is 5. The molecule has 5 rings (SSSR count). The van der Waals surface area contributed by atoms with Crippen molar-refractivity contribution in [1.29, 1.82) is 0 Å². The highest BCUT2D eigenvalue weighted by atomic mass is 19.1. The number of hydrogen-bond acceptors (Lipinski definition) is 5. The van der Waals surface area contributed by atoms with Crippen molar-refractivity contribution in [1.82, 2.24) is 25.1 Å². The average Bonchev–Trinajstić information content (AvgIpc) is 3.50. The molecule has 156 valence electrons. The Kier molecular flexibility index (Phi) is 4.80. The summed E-state index contributed by atoms with van der Waals surface area (Å²) < 4.78 is 26.8. The van der Waals surface area contributed by atoms with Crippen LogP contribution in [0.2, 0.25) is 0 Å². The van der Waals surface area contributed by atoms with Crippen molar-refractivity contribution >= 4 is 22.9 Å². The smallest absolute Gasteiger partial charge is 0.227 e. The topological polar surface area (TPSA) is 86.8 Å². The summed E-state index contributed by atoms with van der Waals surface area (Å²) in [6.45, 7) is 1.13. The number of aromatic nitrogens is 4. The largest absolute Gasteiger partial charge is 0.351 e. The summed E-state index contributed by atoms with van der Waals surface area (Å²) in [6.07, 6.45) is 5.61. The van der Waals surface area contributed by atoms with Gasteiger partial charge in [-0.2, -0.15) is 10.1 Å². The predicted molar refractivity (Wildman–Crippen MR) is 107 cm³/mol. The number of anilines is 1. The Hall–Kier alpha value is -3.10. The van der Waals surface area contributed by atoms with Crippen LogP contribution in [0.25, 0.3) is 11.0 Å². The molecular weight excluding hydrogens is 390 g/mol. The van der Waals surface area contributed by atoms with Crippen LogP contribution in [-0.2, 0) is 11.2 Å². The molecule has 1 aliphatic carbocycles. The standard InChI is InChI=1S/C21H22F2N6O/c22-14-4-3-13(17(23)10-14)9-18(30)29-7-5-15(6-8-29)25-21-24-11-16-19(12-1-2-12)27-28-20(16)26-21/h3-4,10-12,15H,1-2,5-9H2,(H2,24,25,26,27,28). The van der Waals surface area contributed by atoms with Crippen LogP contribution in [-0.4, -0.2) is 50.1 Å². The number of nitrogens with zero attached hydrogens (tertiary/aromatic N) is 4. The molecule has 2 aliphatic rings. The first-order chi connectivity index (χ1) is 14.6. The summed E-state index contributed by atoms with van der Waals surface area (Å²) in [4.78, 5) is 23.2. The monoisotopic (exact) mass is 412 g/mol. The molecule has 0 spiro atoms. The average molecular weight is 412 g/mol. The number of piperidine rings is 1. The molecule has 2 fully saturated rings. The van der Waals surface area contributed by atoms with Gasteiger partial charge in [0.05, 0.1) is 11.8 Å². The number of aromatic amines is 1. The van der Waals surface area contributed by atoms with E-state index in [4.69, 9.17) is 0 Å². The zero-order valence-corrected chi connectivity index (χ0v) is 16.4. The minimum Gasteiger partial charge on any atom is -0.351 e. The van der Waals surface area contributed by atoms with Crippen LogP contribution in [0.1, 0.15) is 42.9 Å². The Morgan fingerprint density at radius 3 is 2.73 bits per heavy atom. The van der Waals surface area contributed by atoms with E-state index in [1.54, 1.807) is 4.90 Å². The Bertz CT molecular complexity index is 1090. The van der Waals surface area contributed by atoms with E-state index >= 15 is 0 Å². The maximum atomic E-state index is 13.8. The fourth-order valence-corrected chi connectivity index (χ4v) is 3.97. The number of likely N-dealkylation sites (tertiary alicyclic amines) is 1. The van der Waals surface area contributed by atoms with Gasteiger partial charge in [0.1, 0.15) is 11.6 Å². The van der Waals surface area contributed by atoms with Gasteiger partial charge in [0, 0.05) is 43.0 Å². The number of fused-ring (bicyclic) bond motifs is 1. The number of halogens is 2. The molecule has 1 amide bonds. The van der Waals surface area contributed by atoms with Gasteiger partial charge in [-0.1, -0.05) is 6.07 Å². The van der Waals surface area contributed by atoms with Gasteiger partial charge in [0.15, 0.2) is 5.65 Å². The zero-order chi connectivity index (χ0) is 20.7. The number of amides is 1. The lowest BCUT2D eigenvalue weighted by Gasteiger charge is -2.32. The predicted octanol–water partition coefficient (Wildman–Crippen LogP) is 3.15. The lowest BCUT2D eigenvalue weighted by atomic mass is 10.0. The van der Waals surface area contributed by atoms with Crippen molar-refractivity contribution in [3.63, 3.8) is 0 Å². The first kappa shape index (κ1) is 18.9. The lowest BCUT2D eigenvalue weighted by Crippen LogP contribution is -2.43. The highest BCUT2D eigenvalue weighted by molar-refractivity contribution is 5.79. The molecule has 3 aromatic rings. The van der Waals surface area contributed by atoms with Crippen LogP contribution >= 0.6 is 0 Å². The number of nitrogens with one attached hydrogen (secondary N) is 2. The van der Waals surface area contributed by atoms with Crippen LogP contribution in [0.3, 0.4) is 0 Å². The van der Waals surface area contributed by atoms with Gasteiger partial charge < -0.3 is 10.2 Å². The number of carbonyl (C=O) groups is 1. The van der Waals surface area contributed by atoms with Gasteiger partial charge in [-0.3, -0.25) is 9.89 Å². The highest BCUT2D eigenvalue weighted by Gasteiger charge is 2.28. The molecular formula is C21H22F2N6O. The molecule has 1 aromatic carbocycles. The minimum absolute atomic E-state index is 0.0630. The number of benzene rings is 1. The Labute approximate surface area is 171 Å². The molecule has 3 heterocycles. The second kappa shape index (κ2) is 7.62. The molecule has 1 saturated heterocycles. The van der Waals surface area contributed by atoms with Crippen LogP contribution in [0.5, 0.6) is 0 Å². The van der Waals surface area contributed by atoms with E-state index in [0.717, 1.165) is 30.0 Å². The summed E-state index contributed by atoms with van der Waals surface area (Å²) in [5.41, 5.74) is 2.01. The van der Waals surface area contributed by atoms with E-state index in [-0.39, 0.29) is 23.9 Å². The third kappa shape index (κ3) is 3.83. The second-order valence-corrected chi connectivity index (χ2v) is 8.05. The summed E-state index contributed by atoms with van der Waals surface area (Å²) >= 11 is 0. The molecule has 1 aliphatic heterocycles. The summed E-state index contributed by atoms with van der Waals surface area (Å²) in [5, 5.41) is 11.7. The second-order valence-electron chi connectivity index (χ2n) is 8.05. The van der Waals surface area contributed by atoms with Crippen molar-refractivity contribution in [3.05, 3.63) is 47.3 Å². The summed E-state index contributed by atoms with van der Waals surface area (Å²) in [5.74, 6) is -0.386. The van der Waals surface area contributed by atoms with Crippen LogP contribution in [0.15, 0.2) is 24.4 Å². The molecule has 9 heteroatoms. The highest BCUT2D eigenvalue weighted by Crippen LogP contribution is 2.41. The van der Waals surface area contributed by atoms with Gasteiger partial charge in [-0.05, 0) is 37.3 Å². The van der Waals surface area contributed by atoms with Crippen molar-refractivity contribution < 1.29 is 13.6 Å². The van der Waals surface area contributed by atoms with E-state index in [1.807, 2.05) is 6.20 Å². The van der Waals surface area contributed by atoms with Crippen LogP contribution in [0, 0.1) is 11.6 Å². The molecule has 7 nitrogen and oxygen atoms in total. The SMILES string of the molecule is O=C(Cc1ccc(F)cc1F)N1CCC(Nc2ncc3c(C4CC4)[nH]nc3n2)CC1. The molecule has 0 atom stereocenters. The third-order valence-electron chi connectivity index (χ3n) is 5.86. The fraction of sp³-hybridized carbons (Fsp3) is 0.429. The van der Waals surface area contributed by atoms with Gasteiger partial charge in [0.25, 0.3) is 0 Å². The number of carbonyl (C=O) groups excluding carboxylic acids is 1. The maximum Gasteiger partial charge on any atom is 0.227 e. The first-order valence-corrected chi connectivity index (χ1v) is 10.3. The number of hydrogen-bond donors (Lipinski definition) is 2. The Morgan fingerprint density at radius 1 is 1.20 bits per heavy atom. The van der Waals surface area contributed by atoms with Gasteiger partial charge in [-0.25, -0.2) is 13.8 Å². The Morgan fingerprint density at radius 2 is 2.00 bits per heavy atom. The van der Waals surface area contributed by atoms with Gasteiger partial charge >= 0.3 is 0 Å². The lowest BCUT2D eigenvalue weighted by molar-refractivity contribution is -0.131. The molecule has 0 unspecified atom stereocenters. The van der Waals surface area contributed by atoms with E-state index in [9.17, 15) is 13.6 Å². The van der Waals surface area contributed by atoms with Crippen molar-refractivity contribution in [2.75, 3.05) is 18.4 Å². The minimum atomic E-state index is -0.685.